The van der Waals surface area contributed by atoms with Crippen LogP contribution in [0.4, 0.5) is 0 Å². The van der Waals surface area contributed by atoms with Gasteiger partial charge in [-0.1, -0.05) is 35.0 Å². The monoisotopic (exact) mass is 322 g/mol. The van der Waals surface area contributed by atoms with E-state index in [1.165, 1.54) is 5.56 Å². The lowest BCUT2D eigenvalue weighted by Gasteiger charge is -2.18. The second kappa shape index (κ2) is 6.82. The van der Waals surface area contributed by atoms with Crippen LogP contribution in [0.5, 0.6) is 0 Å². The Labute approximate surface area is 122 Å². The van der Waals surface area contributed by atoms with Crippen LogP contribution in [0.1, 0.15) is 25.3 Å². The Morgan fingerprint density at radius 2 is 2.21 bits per heavy atom. The molecule has 0 aliphatic carbocycles. The molecule has 1 aromatic carbocycles. The van der Waals surface area contributed by atoms with Crippen molar-refractivity contribution >= 4 is 15.9 Å². The van der Waals surface area contributed by atoms with Gasteiger partial charge in [0.25, 0.3) is 0 Å². The first-order valence-electron chi connectivity index (χ1n) is 6.46. The zero-order chi connectivity index (χ0) is 13.7. The lowest BCUT2D eigenvalue weighted by molar-refractivity contribution is 0.439. The first kappa shape index (κ1) is 14.2. The maximum absolute atomic E-state index is 4.11. The number of halogens is 1. The van der Waals surface area contributed by atoms with Gasteiger partial charge in [0.05, 0.1) is 6.54 Å². The molecular formula is C14H19BrN4. The molecule has 1 aromatic heterocycles. The van der Waals surface area contributed by atoms with E-state index in [4.69, 9.17) is 0 Å². The molecule has 0 spiro atoms. The second-order valence-corrected chi connectivity index (χ2v) is 5.80. The Balaban J connectivity index is 1.81. The molecule has 2 aromatic rings. The van der Waals surface area contributed by atoms with Crippen molar-refractivity contribution < 1.29 is 0 Å². The van der Waals surface area contributed by atoms with Gasteiger partial charge in [-0.2, -0.15) is 5.10 Å². The molecule has 0 bridgehead atoms. The third kappa shape index (κ3) is 4.44. The summed E-state index contributed by atoms with van der Waals surface area (Å²) in [4.78, 5) is 3.95. The number of hydrogen-bond donors (Lipinski definition) is 1. The van der Waals surface area contributed by atoms with Crippen molar-refractivity contribution in [1.82, 2.24) is 20.1 Å². The normalized spacial score (nSPS) is 14.3. The standard InChI is InChI=1S/C14H19BrN4/c1-11(13-4-3-5-14(15)6-13)7-17-12(2)8-19-10-16-9-18-19/h3-6,9-12,17H,7-8H2,1-2H3/t11-,12+/m1/s1. The highest BCUT2D eigenvalue weighted by Crippen LogP contribution is 2.19. The summed E-state index contributed by atoms with van der Waals surface area (Å²) in [6.07, 6.45) is 3.31. The maximum Gasteiger partial charge on any atom is 0.137 e. The molecule has 102 valence electrons. The van der Waals surface area contributed by atoms with Crippen LogP contribution in [-0.2, 0) is 6.54 Å². The topological polar surface area (TPSA) is 42.7 Å². The lowest BCUT2D eigenvalue weighted by atomic mass is 10.0. The average molecular weight is 323 g/mol. The lowest BCUT2D eigenvalue weighted by Crippen LogP contribution is -2.33. The van der Waals surface area contributed by atoms with E-state index in [9.17, 15) is 0 Å². The predicted octanol–water partition coefficient (Wildman–Crippen LogP) is 2.82. The summed E-state index contributed by atoms with van der Waals surface area (Å²) < 4.78 is 2.98. The van der Waals surface area contributed by atoms with Crippen molar-refractivity contribution in [3.63, 3.8) is 0 Å². The zero-order valence-corrected chi connectivity index (χ0v) is 12.8. The van der Waals surface area contributed by atoms with Gasteiger partial charge in [-0.05, 0) is 30.5 Å². The summed E-state index contributed by atoms with van der Waals surface area (Å²) in [5.74, 6) is 0.482. The number of benzene rings is 1. The van der Waals surface area contributed by atoms with Crippen molar-refractivity contribution in [2.24, 2.45) is 0 Å². The molecular weight excluding hydrogens is 304 g/mol. The number of hydrogen-bond acceptors (Lipinski definition) is 3. The van der Waals surface area contributed by atoms with Gasteiger partial charge in [-0.3, -0.25) is 4.68 Å². The van der Waals surface area contributed by atoms with Crippen LogP contribution in [-0.4, -0.2) is 27.4 Å². The summed E-state index contributed by atoms with van der Waals surface area (Å²) in [6, 6.07) is 8.84. The highest BCUT2D eigenvalue weighted by atomic mass is 79.9. The minimum atomic E-state index is 0.372. The van der Waals surface area contributed by atoms with Crippen LogP contribution in [0.15, 0.2) is 41.4 Å². The first-order chi connectivity index (χ1) is 9.15. The fourth-order valence-electron chi connectivity index (χ4n) is 1.98. The Morgan fingerprint density at radius 1 is 1.37 bits per heavy atom. The van der Waals surface area contributed by atoms with Gasteiger partial charge in [0.1, 0.15) is 12.7 Å². The first-order valence-corrected chi connectivity index (χ1v) is 7.25. The van der Waals surface area contributed by atoms with Crippen LogP contribution in [0.3, 0.4) is 0 Å². The molecule has 0 radical (unpaired) electrons. The van der Waals surface area contributed by atoms with Crippen LogP contribution < -0.4 is 5.32 Å². The molecule has 2 atom stereocenters. The summed E-state index contributed by atoms with van der Waals surface area (Å²) in [7, 11) is 0. The Kier molecular flexibility index (Phi) is 5.10. The maximum atomic E-state index is 4.11. The van der Waals surface area contributed by atoms with E-state index in [2.05, 4.69) is 69.4 Å². The molecule has 0 aliphatic heterocycles. The smallest absolute Gasteiger partial charge is 0.137 e. The molecule has 0 fully saturated rings. The highest BCUT2D eigenvalue weighted by molar-refractivity contribution is 9.10. The highest BCUT2D eigenvalue weighted by Gasteiger charge is 2.08. The molecule has 0 aliphatic rings. The third-order valence-electron chi connectivity index (χ3n) is 3.12. The van der Waals surface area contributed by atoms with E-state index in [1.807, 2.05) is 4.68 Å². The SMILES string of the molecule is C[C@H](CN[C@@H](C)Cn1cncn1)c1cccc(Br)c1. The van der Waals surface area contributed by atoms with E-state index >= 15 is 0 Å². The summed E-state index contributed by atoms with van der Waals surface area (Å²) in [5.41, 5.74) is 1.34. The van der Waals surface area contributed by atoms with Gasteiger partial charge < -0.3 is 5.32 Å². The fourth-order valence-corrected chi connectivity index (χ4v) is 2.40. The Morgan fingerprint density at radius 3 is 2.89 bits per heavy atom. The number of aromatic nitrogens is 3. The van der Waals surface area contributed by atoms with E-state index < -0.39 is 0 Å². The third-order valence-corrected chi connectivity index (χ3v) is 3.61. The van der Waals surface area contributed by atoms with E-state index in [0.29, 0.717) is 12.0 Å². The van der Waals surface area contributed by atoms with Gasteiger partial charge in [0, 0.05) is 17.1 Å². The number of rotatable bonds is 6. The van der Waals surface area contributed by atoms with Crippen molar-refractivity contribution in [2.75, 3.05) is 6.54 Å². The summed E-state index contributed by atoms with van der Waals surface area (Å²) in [5, 5.41) is 7.65. The van der Waals surface area contributed by atoms with Crippen LogP contribution in [0.25, 0.3) is 0 Å². The van der Waals surface area contributed by atoms with Gasteiger partial charge in [0.2, 0.25) is 0 Å². The van der Waals surface area contributed by atoms with Crippen LogP contribution in [0.2, 0.25) is 0 Å². The van der Waals surface area contributed by atoms with Crippen LogP contribution in [0, 0.1) is 0 Å². The molecule has 1 N–H and O–H groups in total. The Bertz CT molecular complexity index is 498. The van der Waals surface area contributed by atoms with E-state index in [1.54, 1.807) is 12.7 Å². The van der Waals surface area contributed by atoms with Crippen molar-refractivity contribution in [1.29, 1.82) is 0 Å². The molecule has 0 amide bonds. The Hall–Kier alpha value is -1.20. The molecule has 0 saturated heterocycles. The van der Waals surface area contributed by atoms with Crippen LogP contribution >= 0.6 is 15.9 Å². The van der Waals surface area contributed by atoms with E-state index in [-0.39, 0.29) is 0 Å². The largest absolute Gasteiger partial charge is 0.312 e. The number of nitrogens with one attached hydrogen (secondary N) is 1. The molecule has 0 saturated carbocycles. The van der Waals surface area contributed by atoms with Crippen molar-refractivity contribution in [3.8, 4) is 0 Å². The molecule has 2 rings (SSSR count). The molecule has 19 heavy (non-hydrogen) atoms. The fraction of sp³-hybridized carbons (Fsp3) is 0.429. The molecule has 5 heteroatoms. The average Bonchev–Trinajstić information content (AvgIpc) is 2.88. The van der Waals surface area contributed by atoms with Gasteiger partial charge >= 0.3 is 0 Å². The zero-order valence-electron chi connectivity index (χ0n) is 11.3. The summed E-state index contributed by atoms with van der Waals surface area (Å²) in [6.45, 7) is 6.18. The van der Waals surface area contributed by atoms with Gasteiger partial charge in [-0.25, -0.2) is 4.98 Å². The van der Waals surface area contributed by atoms with Gasteiger partial charge in [-0.15, -0.1) is 0 Å². The minimum Gasteiger partial charge on any atom is -0.312 e. The van der Waals surface area contributed by atoms with E-state index in [0.717, 1.165) is 17.6 Å². The van der Waals surface area contributed by atoms with Crippen molar-refractivity contribution in [3.05, 3.63) is 47.0 Å². The second-order valence-electron chi connectivity index (χ2n) is 4.88. The minimum absolute atomic E-state index is 0.372. The molecule has 1 heterocycles. The molecule has 4 nitrogen and oxygen atoms in total. The van der Waals surface area contributed by atoms with Gasteiger partial charge in [0.15, 0.2) is 0 Å². The summed E-state index contributed by atoms with van der Waals surface area (Å²) >= 11 is 3.51. The van der Waals surface area contributed by atoms with Crippen molar-refractivity contribution in [2.45, 2.75) is 32.4 Å². The molecule has 0 unspecified atom stereocenters. The predicted molar refractivity (Wildman–Crippen MR) is 80.0 cm³/mol. The quantitative estimate of drug-likeness (QED) is 0.889. The number of nitrogens with zero attached hydrogens (tertiary/aromatic N) is 3.